The maximum atomic E-state index is 2.37. The molecule has 1 unspecified atom stereocenters. The van der Waals surface area contributed by atoms with Gasteiger partial charge in [0.1, 0.15) is 0 Å². The van der Waals surface area contributed by atoms with E-state index in [2.05, 4.69) is 38.5 Å². The van der Waals surface area contributed by atoms with Gasteiger partial charge in [-0.1, -0.05) is 6.42 Å². The molecule has 2 aliphatic rings. The van der Waals surface area contributed by atoms with Gasteiger partial charge in [0.15, 0.2) is 0 Å². The van der Waals surface area contributed by atoms with E-state index in [1.807, 2.05) is 0 Å². The van der Waals surface area contributed by atoms with Crippen LogP contribution < -0.4 is 24.8 Å². The molecular formula is C12H17Cl2Zr-. The average Bonchev–Trinajstić information content (AvgIpc) is 2.49. The molecule has 2 aliphatic carbocycles. The molecule has 0 saturated heterocycles. The van der Waals surface area contributed by atoms with Crippen molar-refractivity contribution >= 4 is 3.21 Å². The maximum absolute atomic E-state index is 2.37. The first-order valence-corrected chi connectivity index (χ1v) is 6.14. The molecule has 1 atom stereocenters. The third kappa shape index (κ3) is 7.55. The summed E-state index contributed by atoms with van der Waals surface area (Å²) in [5.41, 5.74) is 1.58. The van der Waals surface area contributed by atoms with Crippen LogP contribution in [0.15, 0.2) is 23.8 Å². The van der Waals surface area contributed by atoms with Crippen LogP contribution in [0.2, 0.25) is 0 Å². The Balaban J connectivity index is 0. The van der Waals surface area contributed by atoms with E-state index in [-0.39, 0.29) is 24.8 Å². The summed E-state index contributed by atoms with van der Waals surface area (Å²) in [7, 11) is 0. The Kier molecular flexibility index (Phi) is 11.9. The van der Waals surface area contributed by atoms with Gasteiger partial charge in [-0.15, -0.1) is 18.6 Å². The second kappa shape index (κ2) is 9.88. The van der Waals surface area contributed by atoms with E-state index in [1.54, 1.807) is 29.8 Å². The number of halogens is 2. The minimum atomic E-state index is 0. The number of rotatable bonds is 0. The minimum Gasteiger partial charge on any atom is -1.00 e. The van der Waals surface area contributed by atoms with E-state index < -0.39 is 0 Å². The zero-order valence-corrected chi connectivity index (χ0v) is 13.2. The molecule has 0 nitrogen and oxygen atoms in total. The van der Waals surface area contributed by atoms with Gasteiger partial charge >= 0.3 is 41.3 Å². The molecule has 0 aromatic carbocycles. The Labute approximate surface area is 121 Å². The molecule has 0 aromatic rings. The summed E-state index contributed by atoms with van der Waals surface area (Å²) in [6.07, 6.45) is 13.0. The van der Waals surface area contributed by atoms with Crippen molar-refractivity contribution in [1.82, 2.24) is 0 Å². The normalized spacial score (nSPS) is 20.5. The van der Waals surface area contributed by atoms with Crippen LogP contribution in [0, 0.1) is 12.3 Å². The summed E-state index contributed by atoms with van der Waals surface area (Å²) in [6, 6.07) is 0. The smallest absolute Gasteiger partial charge is 1.00 e. The van der Waals surface area contributed by atoms with Gasteiger partial charge in [0.05, 0.1) is 0 Å². The monoisotopic (exact) mass is 321 g/mol. The molecule has 84 valence electrons. The molecular weight excluding hydrogens is 306 g/mol. The molecule has 0 spiro atoms. The molecule has 1 saturated carbocycles. The maximum Gasteiger partial charge on any atom is -1.00 e. The Hall–Kier alpha value is 0.683. The standard InChI is InChI=1S/C9H11.C3H6.2ClH.Zr/c1-2-5-9-7-3-6-8(9)4-1;1-3-2;;;/h1-2,4,6,9H,3,5,7H2;1-2H3;2*1H;/q-1;;;;+2/p-2. The fourth-order valence-corrected chi connectivity index (χ4v) is 1.66. The van der Waals surface area contributed by atoms with Crippen LogP contribution in [0.1, 0.15) is 33.1 Å². The van der Waals surface area contributed by atoms with Crippen LogP contribution in [-0.2, 0) is 24.2 Å². The van der Waals surface area contributed by atoms with Crippen molar-refractivity contribution in [2.24, 2.45) is 5.92 Å². The molecule has 0 bridgehead atoms. The van der Waals surface area contributed by atoms with E-state index in [0.29, 0.717) is 0 Å². The summed E-state index contributed by atoms with van der Waals surface area (Å²) in [5.74, 6) is 0.884. The topological polar surface area (TPSA) is 0 Å². The number of hydrogen-bond donors (Lipinski definition) is 0. The van der Waals surface area contributed by atoms with Crippen LogP contribution in [0.3, 0.4) is 0 Å². The first-order valence-electron chi connectivity index (χ1n) is 4.92. The van der Waals surface area contributed by atoms with Gasteiger partial charge in [-0.05, 0) is 12.3 Å². The van der Waals surface area contributed by atoms with Gasteiger partial charge < -0.3 is 24.8 Å². The van der Waals surface area contributed by atoms with Crippen molar-refractivity contribution < 1.29 is 49.0 Å². The first kappa shape index (κ1) is 18.1. The SMILES string of the molecule is C1=CCC2CC[CH-]C2=C1.C[C](C)=[Zr+2].[Cl-].[Cl-]. The zero-order valence-electron chi connectivity index (χ0n) is 9.26. The third-order valence-electron chi connectivity index (χ3n) is 2.21. The first-order chi connectivity index (χ1) is 6.20. The second-order valence-electron chi connectivity index (χ2n) is 3.81. The van der Waals surface area contributed by atoms with Gasteiger partial charge in [-0.2, -0.15) is 0 Å². The molecule has 0 aliphatic heterocycles. The summed E-state index contributed by atoms with van der Waals surface area (Å²) in [6.45, 7) is 4.25. The predicted molar refractivity (Wildman–Crippen MR) is 55.2 cm³/mol. The van der Waals surface area contributed by atoms with E-state index in [1.165, 1.54) is 22.5 Å². The number of allylic oxidation sites excluding steroid dienone is 4. The van der Waals surface area contributed by atoms with E-state index in [9.17, 15) is 0 Å². The molecule has 3 heteroatoms. The predicted octanol–water partition coefficient (Wildman–Crippen LogP) is -2.76. The van der Waals surface area contributed by atoms with Crippen LogP contribution in [0.5, 0.6) is 0 Å². The summed E-state index contributed by atoms with van der Waals surface area (Å²) in [5, 5.41) is 0. The molecule has 0 heterocycles. The Morgan fingerprint density at radius 1 is 1.40 bits per heavy atom. The molecule has 1 fully saturated rings. The van der Waals surface area contributed by atoms with Gasteiger partial charge in [0.2, 0.25) is 0 Å². The van der Waals surface area contributed by atoms with E-state index in [4.69, 9.17) is 0 Å². The Bertz CT molecular complexity index is 240. The van der Waals surface area contributed by atoms with Crippen molar-refractivity contribution in [2.45, 2.75) is 33.1 Å². The van der Waals surface area contributed by atoms with Crippen molar-refractivity contribution in [2.75, 3.05) is 0 Å². The van der Waals surface area contributed by atoms with Gasteiger partial charge in [-0.3, -0.25) is 0 Å². The summed E-state index contributed by atoms with van der Waals surface area (Å²) < 4.78 is 1.51. The van der Waals surface area contributed by atoms with Crippen molar-refractivity contribution in [1.29, 1.82) is 0 Å². The second-order valence-corrected chi connectivity index (χ2v) is 6.27. The van der Waals surface area contributed by atoms with E-state index >= 15 is 0 Å². The molecule has 0 N–H and O–H groups in total. The Morgan fingerprint density at radius 2 is 2.00 bits per heavy atom. The van der Waals surface area contributed by atoms with Gasteiger partial charge in [0.25, 0.3) is 0 Å². The molecule has 0 radical (unpaired) electrons. The Morgan fingerprint density at radius 3 is 2.53 bits per heavy atom. The number of hydrogen-bond acceptors (Lipinski definition) is 0. The summed E-state index contributed by atoms with van der Waals surface area (Å²) in [4.78, 5) is 0. The van der Waals surface area contributed by atoms with Gasteiger partial charge in [0, 0.05) is 0 Å². The van der Waals surface area contributed by atoms with Crippen LogP contribution in [0.4, 0.5) is 0 Å². The molecule has 0 amide bonds. The summed E-state index contributed by atoms with van der Waals surface area (Å²) >= 11 is 1.55. The van der Waals surface area contributed by atoms with Crippen molar-refractivity contribution in [3.63, 3.8) is 0 Å². The van der Waals surface area contributed by atoms with Crippen LogP contribution in [-0.4, -0.2) is 3.21 Å². The van der Waals surface area contributed by atoms with Crippen LogP contribution >= 0.6 is 0 Å². The average molecular weight is 323 g/mol. The van der Waals surface area contributed by atoms with Gasteiger partial charge in [-0.25, -0.2) is 18.1 Å². The molecule has 0 aromatic heterocycles. The third-order valence-corrected chi connectivity index (χ3v) is 2.21. The minimum absolute atomic E-state index is 0. The molecule has 2 rings (SSSR count). The zero-order chi connectivity index (χ0) is 9.68. The van der Waals surface area contributed by atoms with Crippen LogP contribution in [0.25, 0.3) is 0 Å². The largest absolute Gasteiger partial charge is 1.00 e. The quantitative estimate of drug-likeness (QED) is 0.424. The fourth-order valence-electron chi connectivity index (χ4n) is 1.66. The van der Waals surface area contributed by atoms with E-state index in [0.717, 1.165) is 5.92 Å². The molecule has 15 heavy (non-hydrogen) atoms. The number of fused-ring (bicyclic) bond motifs is 1. The van der Waals surface area contributed by atoms with Crippen molar-refractivity contribution in [3.8, 4) is 0 Å². The van der Waals surface area contributed by atoms with Crippen molar-refractivity contribution in [3.05, 3.63) is 30.2 Å². The fraction of sp³-hybridized carbons (Fsp3) is 0.500.